The van der Waals surface area contributed by atoms with Gasteiger partial charge in [-0.1, -0.05) is 0 Å². The van der Waals surface area contributed by atoms with Crippen LogP contribution in [-0.2, 0) is 11.3 Å². The normalized spacial score (nSPS) is 11.7. The van der Waals surface area contributed by atoms with Crippen molar-refractivity contribution in [3.05, 3.63) is 77.0 Å². The van der Waals surface area contributed by atoms with Crippen molar-refractivity contribution in [1.82, 2.24) is 0 Å². The van der Waals surface area contributed by atoms with Crippen LogP contribution in [0.15, 0.2) is 71.4 Å². The molecule has 0 radical (unpaired) electrons. The molecule has 0 bridgehead atoms. The summed E-state index contributed by atoms with van der Waals surface area (Å²) in [5.41, 5.74) is 1.21. The van der Waals surface area contributed by atoms with E-state index in [0.717, 1.165) is 0 Å². The molecule has 0 heterocycles. The topological polar surface area (TPSA) is 9.23 Å². The van der Waals surface area contributed by atoms with Crippen LogP contribution in [0.5, 0.6) is 0 Å². The van der Waals surface area contributed by atoms with Gasteiger partial charge in [-0.15, -0.1) is 0 Å². The number of hydrogen-bond acceptors (Lipinski definition) is 1. The van der Waals surface area contributed by atoms with Crippen LogP contribution < -0.4 is 4.46 Å². The van der Waals surface area contributed by atoms with Gasteiger partial charge in [0.25, 0.3) is 0 Å². The first-order valence-electron chi connectivity index (χ1n) is 6.84. The quantitative estimate of drug-likeness (QED) is 0.579. The van der Waals surface area contributed by atoms with Gasteiger partial charge in [0.05, 0.1) is 0 Å². The summed E-state index contributed by atoms with van der Waals surface area (Å²) in [6.45, 7) is 5.09. The van der Waals surface area contributed by atoms with Crippen molar-refractivity contribution in [3.8, 4) is 0 Å². The summed E-state index contributed by atoms with van der Waals surface area (Å²) in [4.78, 5) is 0. The third-order valence-corrected chi connectivity index (χ3v) is 5.59. The Morgan fingerprint density at radius 2 is 1.60 bits per heavy atom. The van der Waals surface area contributed by atoms with Crippen LogP contribution in [0, 0.1) is 5.92 Å². The van der Waals surface area contributed by atoms with Gasteiger partial charge < -0.3 is 0 Å². The average molecular weight is 331 g/mol. The van der Waals surface area contributed by atoms with Crippen molar-refractivity contribution in [1.29, 1.82) is 0 Å². The van der Waals surface area contributed by atoms with Gasteiger partial charge in [-0.3, -0.25) is 0 Å². The molecule has 0 aliphatic rings. The molecule has 0 fully saturated rings. The van der Waals surface area contributed by atoms with Gasteiger partial charge >= 0.3 is 127 Å². The molecule has 104 valence electrons. The maximum atomic E-state index is 5.77. The molecular weight excluding hydrogens is 311 g/mol. The first kappa shape index (κ1) is 14.9. The molecule has 2 aromatic carbocycles. The fraction of sp³-hybridized carbons (Fsp3) is 0.222. The van der Waals surface area contributed by atoms with E-state index in [1.54, 1.807) is 0 Å². The van der Waals surface area contributed by atoms with E-state index in [1.165, 1.54) is 14.5 Å². The molecule has 0 saturated heterocycles. The van der Waals surface area contributed by atoms with Gasteiger partial charge in [0.15, 0.2) is 0 Å². The zero-order valence-electron chi connectivity index (χ0n) is 12.0. The summed E-state index contributed by atoms with van der Waals surface area (Å²) in [5, 5.41) is 0. The standard InChI is InChI=1S/C18H20OSe/c1-15(2)18(20-17-11-7-4-8-12-17)14-19-13-16-9-5-3-6-10-16/h3-12,14-15H,13H2,1-2H3/b18-14+. The Balaban J connectivity index is 1.96. The molecule has 0 N–H and O–H groups in total. The van der Waals surface area contributed by atoms with Crippen LogP contribution >= 0.6 is 0 Å². The summed E-state index contributed by atoms with van der Waals surface area (Å²) in [6.07, 6.45) is 1.96. The van der Waals surface area contributed by atoms with E-state index < -0.39 is 0 Å². The van der Waals surface area contributed by atoms with E-state index in [-0.39, 0.29) is 0 Å². The van der Waals surface area contributed by atoms with E-state index in [4.69, 9.17) is 4.74 Å². The molecule has 0 aliphatic heterocycles. The van der Waals surface area contributed by atoms with Crippen LogP contribution in [0.2, 0.25) is 0 Å². The Kier molecular flexibility index (Phi) is 5.91. The molecule has 0 amide bonds. The number of allylic oxidation sites excluding steroid dienone is 1. The second-order valence-corrected chi connectivity index (χ2v) is 7.29. The van der Waals surface area contributed by atoms with Gasteiger partial charge in [0.2, 0.25) is 0 Å². The summed E-state index contributed by atoms with van der Waals surface area (Å²) in [7, 11) is 0. The molecule has 2 heteroatoms. The van der Waals surface area contributed by atoms with E-state index in [1.807, 2.05) is 24.5 Å². The van der Waals surface area contributed by atoms with E-state index >= 15 is 0 Å². The number of rotatable bonds is 6. The van der Waals surface area contributed by atoms with Crippen molar-refractivity contribution in [2.75, 3.05) is 0 Å². The monoisotopic (exact) mass is 332 g/mol. The Morgan fingerprint density at radius 3 is 2.20 bits per heavy atom. The van der Waals surface area contributed by atoms with Gasteiger partial charge in [0, 0.05) is 0 Å². The third kappa shape index (κ3) is 4.88. The Bertz CT molecular complexity index is 532. The summed E-state index contributed by atoms with van der Waals surface area (Å²) in [6, 6.07) is 20.9. The predicted molar refractivity (Wildman–Crippen MR) is 86.0 cm³/mol. The maximum absolute atomic E-state index is 5.77. The van der Waals surface area contributed by atoms with Crippen molar-refractivity contribution < 1.29 is 4.74 Å². The second kappa shape index (κ2) is 7.94. The van der Waals surface area contributed by atoms with Gasteiger partial charge in [0.1, 0.15) is 0 Å². The minimum absolute atomic E-state index is 0.339. The molecular formula is C18H20OSe. The number of benzene rings is 2. The molecule has 2 rings (SSSR count). The molecule has 2 aromatic rings. The molecule has 0 unspecified atom stereocenters. The summed E-state index contributed by atoms with van der Waals surface area (Å²) in [5.74, 6) is 0.519. The minimum atomic E-state index is 0.339. The Morgan fingerprint density at radius 1 is 1.00 bits per heavy atom. The zero-order valence-corrected chi connectivity index (χ0v) is 13.7. The number of ether oxygens (including phenoxy) is 1. The molecule has 0 saturated carbocycles. The fourth-order valence-corrected chi connectivity index (χ4v) is 3.62. The number of hydrogen-bond donors (Lipinski definition) is 0. The summed E-state index contributed by atoms with van der Waals surface area (Å²) < 4.78 is 8.55. The van der Waals surface area contributed by atoms with Crippen LogP contribution in [0.25, 0.3) is 0 Å². The summed E-state index contributed by atoms with van der Waals surface area (Å²) >= 11 is 0.339. The second-order valence-electron chi connectivity index (χ2n) is 4.89. The van der Waals surface area contributed by atoms with Crippen LogP contribution in [0.4, 0.5) is 0 Å². The molecule has 20 heavy (non-hydrogen) atoms. The van der Waals surface area contributed by atoms with Crippen molar-refractivity contribution in [3.63, 3.8) is 0 Å². The van der Waals surface area contributed by atoms with Gasteiger partial charge in [-0.05, 0) is 0 Å². The van der Waals surface area contributed by atoms with E-state index in [9.17, 15) is 0 Å². The SMILES string of the molecule is CC(C)/C(=C\OCc1ccccc1)[Se]c1ccccc1. The van der Waals surface area contributed by atoms with Crippen molar-refractivity contribution >= 4 is 19.4 Å². The van der Waals surface area contributed by atoms with Gasteiger partial charge in [-0.25, -0.2) is 0 Å². The first-order valence-corrected chi connectivity index (χ1v) is 8.55. The van der Waals surface area contributed by atoms with Crippen LogP contribution in [0.3, 0.4) is 0 Å². The fourth-order valence-electron chi connectivity index (χ4n) is 1.70. The van der Waals surface area contributed by atoms with Crippen molar-refractivity contribution in [2.45, 2.75) is 20.5 Å². The van der Waals surface area contributed by atoms with E-state index in [0.29, 0.717) is 27.5 Å². The Labute approximate surface area is 127 Å². The predicted octanol–water partition coefficient (Wildman–Crippen LogP) is 3.73. The third-order valence-electron chi connectivity index (χ3n) is 2.84. The molecule has 0 aromatic heterocycles. The van der Waals surface area contributed by atoms with E-state index in [2.05, 4.69) is 56.3 Å². The average Bonchev–Trinajstić information content (AvgIpc) is 2.48. The van der Waals surface area contributed by atoms with Crippen LogP contribution in [0.1, 0.15) is 19.4 Å². The molecule has 0 spiro atoms. The van der Waals surface area contributed by atoms with Crippen molar-refractivity contribution in [2.24, 2.45) is 5.92 Å². The Hall–Kier alpha value is -1.50. The zero-order chi connectivity index (χ0) is 14.2. The van der Waals surface area contributed by atoms with Crippen LogP contribution in [-0.4, -0.2) is 15.0 Å². The molecule has 0 aliphatic carbocycles. The first-order chi connectivity index (χ1) is 9.75. The van der Waals surface area contributed by atoms with Gasteiger partial charge in [-0.2, -0.15) is 0 Å². The molecule has 0 atom stereocenters. The molecule has 1 nitrogen and oxygen atoms in total.